The molecular weight excluding hydrogens is 278 g/mol. The van der Waals surface area contributed by atoms with Crippen LogP contribution in [-0.4, -0.2) is 28.6 Å². The van der Waals surface area contributed by atoms with Crippen molar-refractivity contribution in [1.82, 2.24) is 10.3 Å². The average Bonchev–Trinajstić information content (AvgIpc) is 2.88. The lowest BCUT2D eigenvalue weighted by molar-refractivity contribution is -0.137. The fourth-order valence-electron chi connectivity index (χ4n) is 1.99. The van der Waals surface area contributed by atoms with Crippen LogP contribution in [-0.2, 0) is 4.79 Å². The molecule has 7 heteroatoms. The first-order chi connectivity index (χ1) is 9.61. The maximum absolute atomic E-state index is 11.6. The van der Waals surface area contributed by atoms with Gasteiger partial charge in [-0.3, -0.25) is 10.1 Å². The Hall–Kier alpha value is -1.63. The van der Waals surface area contributed by atoms with Crippen LogP contribution in [0.2, 0.25) is 0 Å². The quantitative estimate of drug-likeness (QED) is 0.653. The monoisotopic (exact) mass is 299 g/mol. The highest BCUT2D eigenvalue weighted by atomic mass is 32.1. The van der Waals surface area contributed by atoms with E-state index >= 15 is 0 Å². The van der Waals surface area contributed by atoms with Crippen LogP contribution in [0.5, 0.6) is 0 Å². The number of rotatable bonds is 9. The van der Waals surface area contributed by atoms with Gasteiger partial charge in [-0.2, -0.15) is 0 Å². The van der Waals surface area contributed by atoms with E-state index in [-0.39, 0.29) is 12.5 Å². The molecule has 0 aliphatic rings. The summed E-state index contributed by atoms with van der Waals surface area (Å²) in [5.41, 5.74) is 0. The third-order valence-electron chi connectivity index (χ3n) is 2.95. The molecule has 0 aliphatic carbocycles. The molecule has 1 heterocycles. The molecule has 1 atom stereocenters. The summed E-state index contributed by atoms with van der Waals surface area (Å²) in [6, 6.07) is -0.270. The van der Waals surface area contributed by atoms with Gasteiger partial charge in [0.2, 0.25) is 0 Å². The number of urea groups is 1. The van der Waals surface area contributed by atoms with E-state index in [4.69, 9.17) is 5.11 Å². The molecule has 1 aromatic heterocycles. The fourth-order valence-corrected chi connectivity index (χ4v) is 2.51. The summed E-state index contributed by atoms with van der Waals surface area (Å²) in [6.45, 7) is 2.62. The Bertz CT molecular complexity index is 409. The molecule has 6 nitrogen and oxygen atoms in total. The van der Waals surface area contributed by atoms with Gasteiger partial charge in [-0.15, -0.1) is 11.3 Å². The smallest absolute Gasteiger partial charge is 0.321 e. The zero-order valence-electron chi connectivity index (χ0n) is 11.6. The molecule has 112 valence electrons. The lowest BCUT2D eigenvalue weighted by atomic mass is 9.94. The Morgan fingerprint density at radius 3 is 2.80 bits per heavy atom. The minimum absolute atomic E-state index is 0.190. The molecule has 0 bridgehead atoms. The molecule has 1 unspecified atom stereocenters. The summed E-state index contributed by atoms with van der Waals surface area (Å²) in [7, 11) is 0. The standard InChI is InChI=1S/C13H21N3O3S/c1-2-3-10(4-5-11(17)18)6-7-14-12(19)16-13-15-8-9-20-13/h8-10H,2-7H2,1H3,(H,17,18)(H2,14,15,16,19). The summed E-state index contributed by atoms with van der Waals surface area (Å²) in [4.78, 5) is 26.1. The van der Waals surface area contributed by atoms with E-state index in [9.17, 15) is 9.59 Å². The van der Waals surface area contributed by atoms with Crippen LogP contribution in [0.15, 0.2) is 11.6 Å². The summed E-state index contributed by atoms with van der Waals surface area (Å²) in [5, 5.41) is 16.5. The van der Waals surface area contributed by atoms with Crippen molar-refractivity contribution in [3.8, 4) is 0 Å². The molecule has 0 aliphatic heterocycles. The second-order valence-corrected chi connectivity index (χ2v) is 5.49. The Morgan fingerprint density at radius 2 is 2.20 bits per heavy atom. The number of thiazole rings is 1. The Morgan fingerprint density at radius 1 is 1.40 bits per heavy atom. The normalized spacial score (nSPS) is 11.8. The molecule has 0 fully saturated rings. The Kier molecular flexibility index (Phi) is 7.64. The number of aromatic nitrogens is 1. The van der Waals surface area contributed by atoms with Crippen LogP contribution < -0.4 is 10.6 Å². The van der Waals surface area contributed by atoms with Crippen molar-refractivity contribution < 1.29 is 14.7 Å². The van der Waals surface area contributed by atoms with Crippen molar-refractivity contribution in [2.24, 2.45) is 5.92 Å². The van der Waals surface area contributed by atoms with E-state index in [2.05, 4.69) is 22.5 Å². The summed E-state index contributed by atoms with van der Waals surface area (Å²) < 4.78 is 0. The molecule has 1 aromatic rings. The molecule has 0 spiro atoms. The second-order valence-electron chi connectivity index (χ2n) is 4.59. The van der Waals surface area contributed by atoms with Gasteiger partial charge < -0.3 is 10.4 Å². The molecule has 0 saturated heterocycles. The highest BCUT2D eigenvalue weighted by Crippen LogP contribution is 2.17. The van der Waals surface area contributed by atoms with Crippen molar-refractivity contribution in [1.29, 1.82) is 0 Å². The first kappa shape index (κ1) is 16.4. The number of carboxylic acid groups (broad SMARTS) is 1. The van der Waals surface area contributed by atoms with Crippen LogP contribution in [0.4, 0.5) is 9.93 Å². The van der Waals surface area contributed by atoms with Crippen molar-refractivity contribution in [2.45, 2.75) is 39.0 Å². The van der Waals surface area contributed by atoms with Crippen LogP contribution in [0.1, 0.15) is 39.0 Å². The van der Waals surface area contributed by atoms with Crippen LogP contribution >= 0.6 is 11.3 Å². The lowest BCUT2D eigenvalue weighted by Crippen LogP contribution is -2.30. The number of carbonyl (C=O) groups excluding carboxylic acids is 1. The molecule has 20 heavy (non-hydrogen) atoms. The van der Waals surface area contributed by atoms with E-state index in [0.717, 1.165) is 19.3 Å². The van der Waals surface area contributed by atoms with Gasteiger partial charge in [-0.05, 0) is 18.8 Å². The van der Waals surface area contributed by atoms with E-state index in [1.54, 1.807) is 11.6 Å². The van der Waals surface area contributed by atoms with Gasteiger partial charge in [0.05, 0.1) is 0 Å². The average molecular weight is 299 g/mol. The van der Waals surface area contributed by atoms with Gasteiger partial charge in [0.25, 0.3) is 0 Å². The van der Waals surface area contributed by atoms with Gasteiger partial charge in [0, 0.05) is 24.5 Å². The minimum Gasteiger partial charge on any atom is -0.481 e. The van der Waals surface area contributed by atoms with Crippen LogP contribution in [0.3, 0.4) is 0 Å². The maximum Gasteiger partial charge on any atom is 0.321 e. The summed E-state index contributed by atoms with van der Waals surface area (Å²) in [6.07, 6.45) is 5.30. The number of hydrogen-bond acceptors (Lipinski definition) is 4. The number of hydrogen-bond donors (Lipinski definition) is 3. The zero-order chi connectivity index (χ0) is 14.8. The highest BCUT2D eigenvalue weighted by molar-refractivity contribution is 7.13. The molecule has 1 rings (SSSR count). The van der Waals surface area contributed by atoms with Gasteiger partial charge >= 0.3 is 12.0 Å². The molecule has 0 aromatic carbocycles. The molecule has 2 amide bonds. The molecule has 0 saturated carbocycles. The topological polar surface area (TPSA) is 91.3 Å². The molecular formula is C13H21N3O3S. The van der Waals surface area contributed by atoms with Gasteiger partial charge in [0.15, 0.2) is 5.13 Å². The first-order valence-corrected chi connectivity index (χ1v) is 7.66. The van der Waals surface area contributed by atoms with Crippen molar-refractivity contribution in [2.75, 3.05) is 11.9 Å². The minimum atomic E-state index is -0.763. The number of nitrogens with one attached hydrogen (secondary N) is 2. The number of carbonyl (C=O) groups is 2. The van der Waals surface area contributed by atoms with E-state index in [1.165, 1.54) is 11.3 Å². The summed E-state index contributed by atoms with van der Waals surface area (Å²) >= 11 is 1.36. The predicted molar refractivity (Wildman–Crippen MR) is 79.0 cm³/mol. The van der Waals surface area contributed by atoms with E-state index in [0.29, 0.717) is 24.0 Å². The van der Waals surface area contributed by atoms with E-state index in [1.807, 2.05) is 0 Å². The Labute approximate surface area is 122 Å². The molecule has 3 N–H and O–H groups in total. The lowest BCUT2D eigenvalue weighted by Gasteiger charge is -2.15. The first-order valence-electron chi connectivity index (χ1n) is 6.78. The van der Waals surface area contributed by atoms with Crippen molar-refractivity contribution in [3.05, 3.63) is 11.6 Å². The third-order valence-corrected chi connectivity index (χ3v) is 3.64. The van der Waals surface area contributed by atoms with Gasteiger partial charge in [0.1, 0.15) is 0 Å². The largest absolute Gasteiger partial charge is 0.481 e. The van der Waals surface area contributed by atoms with Crippen molar-refractivity contribution >= 4 is 28.5 Å². The van der Waals surface area contributed by atoms with Crippen LogP contribution in [0.25, 0.3) is 0 Å². The SMILES string of the molecule is CCCC(CCNC(=O)Nc1nccs1)CCC(=O)O. The second kappa shape index (κ2) is 9.30. The zero-order valence-corrected chi connectivity index (χ0v) is 12.4. The van der Waals surface area contributed by atoms with E-state index < -0.39 is 5.97 Å². The highest BCUT2D eigenvalue weighted by Gasteiger charge is 2.11. The third kappa shape index (κ3) is 7.08. The van der Waals surface area contributed by atoms with Crippen LogP contribution in [0, 0.1) is 5.92 Å². The molecule has 0 radical (unpaired) electrons. The van der Waals surface area contributed by atoms with Crippen molar-refractivity contribution in [3.63, 3.8) is 0 Å². The fraction of sp³-hybridized carbons (Fsp3) is 0.615. The van der Waals surface area contributed by atoms with Gasteiger partial charge in [-0.1, -0.05) is 19.8 Å². The Balaban J connectivity index is 2.21. The number of amides is 2. The number of carboxylic acids is 1. The summed E-state index contributed by atoms with van der Waals surface area (Å²) in [5.74, 6) is -0.420. The number of aliphatic carboxylic acids is 1. The maximum atomic E-state index is 11.6. The predicted octanol–water partition coefficient (Wildman–Crippen LogP) is 2.94. The number of nitrogens with zero attached hydrogens (tertiary/aromatic N) is 1. The number of anilines is 1. The van der Waals surface area contributed by atoms with Gasteiger partial charge in [-0.25, -0.2) is 9.78 Å².